The van der Waals surface area contributed by atoms with Crippen LogP contribution in [0.15, 0.2) is 48.8 Å². The van der Waals surface area contributed by atoms with Gasteiger partial charge in [-0.2, -0.15) is 28.5 Å². The van der Waals surface area contributed by atoms with Crippen LogP contribution in [0.1, 0.15) is 33.7 Å². The summed E-state index contributed by atoms with van der Waals surface area (Å²) in [5.41, 5.74) is 4.07. The normalized spacial score (nSPS) is 11.8. The Hall–Kier alpha value is -3.62. The Kier molecular flexibility index (Phi) is 5.73. The van der Waals surface area contributed by atoms with Crippen molar-refractivity contribution in [2.75, 3.05) is 0 Å². The van der Waals surface area contributed by atoms with Crippen LogP contribution in [-0.2, 0) is 13.0 Å². The zero-order valence-electron chi connectivity index (χ0n) is 17.5. The lowest BCUT2D eigenvalue weighted by molar-refractivity contribution is -0.141. The summed E-state index contributed by atoms with van der Waals surface area (Å²) in [6, 6.07) is 10.4. The van der Waals surface area contributed by atoms with Crippen LogP contribution >= 0.6 is 0 Å². The van der Waals surface area contributed by atoms with Crippen molar-refractivity contribution >= 4 is 16.7 Å². The van der Waals surface area contributed by atoms with Crippen LogP contribution in [0, 0.1) is 13.8 Å². The Morgan fingerprint density at radius 1 is 1.03 bits per heavy atom. The molecule has 0 atom stereocenters. The van der Waals surface area contributed by atoms with E-state index in [0.29, 0.717) is 34.3 Å². The maximum atomic E-state index is 13.1. The Labute approximate surface area is 182 Å². The first kappa shape index (κ1) is 21.6. The van der Waals surface area contributed by atoms with Gasteiger partial charge in [-0.15, -0.1) is 0 Å². The van der Waals surface area contributed by atoms with Gasteiger partial charge in [0.15, 0.2) is 5.78 Å². The highest BCUT2D eigenvalue weighted by molar-refractivity contribution is 6.04. The average Bonchev–Trinajstić information content (AvgIpc) is 3.14. The van der Waals surface area contributed by atoms with Gasteiger partial charge in [-0.1, -0.05) is 6.07 Å². The van der Waals surface area contributed by atoms with E-state index in [1.807, 2.05) is 26.0 Å². The number of aromatic nitrogens is 5. The third kappa shape index (κ3) is 4.82. The number of nitrogens with zero attached hydrogens (tertiary/aromatic N) is 5. The lowest BCUT2D eigenvalue weighted by Gasteiger charge is -2.11. The van der Waals surface area contributed by atoms with Crippen molar-refractivity contribution in [3.63, 3.8) is 0 Å². The molecule has 6 nitrogen and oxygen atoms in total. The minimum atomic E-state index is -4.44. The summed E-state index contributed by atoms with van der Waals surface area (Å²) >= 11 is 0. The summed E-state index contributed by atoms with van der Waals surface area (Å²) < 4.78 is 40.0. The summed E-state index contributed by atoms with van der Waals surface area (Å²) in [5, 5.41) is 12.5. The number of aryl methyl sites for hydroxylation is 3. The predicted molar refractivity (Wildman–Crippen MR) is 113 cm³/mol. The summed E-state index contributed by atoms with van der Waals surface area (Å²) in [5.74, 6) is -0.206. The molecule has 32 heavy (non-hydrogen) atoms. The van der Waals surface area contributed by atoms with Crippen LogP contribution in [-0.4, -0.2) is 36.9 Å². The molecule has 3 aromatic heterocycles. The summed E-state index contributed by atoms with van der Waals surface area (Å²) in [7, 11) is 0. The minimum Gasteiger partial charge on any atom is -0.294 e. The number of rotatable bonds is 6. The third-order valence-electron chi connectivity index (χ3n) is 5.06. The quantitative estimate of drug-likeness (QED) is 0.400. The fourth-order valence-electron chi connectivity index (χ4n) is 3.42. The van der Waals surface area contributed by atoms with Gasteiger partial charge in [0.25, 0.3) is 0 Å². The van der Waals surface area contributed by atoms with E-state index in [-0.39, 0.29) is 17.7 Å². The minimum absolute atomic E-state index is 0.150. The van der Waals surface area contributed by atoms with E-state index in [0.717, 1.165) is 15.9 Å². The van der Waals surface area contributed by atoms with E-state index >= 15 is 0 Å². The Morgan fingerprint density at radius 3 is 2.50 bits per heavy atom. The number of hydrogen-bond acceptors (Lipinski definition) is 5. The first-order chi connectivity index (χ1) is 15.2. The molecule has 0 aliphatic carbocycles. The first-order valence-electron chi connectivity index (χ1n) is 10.0. The molecular weight excluding hydrogens is 419 g/mol. The number of benzene rings is 1. The van der Waals surface area contributed by atoms with Crippen molar-refractivity contribution in [3.05, 3.63) is 71.3 Å². The van der Waals surface area contributed by atoms with Crippen LogP contribution in [0.5, 0.6) is 0 Å². The lowest BCUT2D eigenvalue weighted by atomic mass is 9.98. The fraction of sp³-hybridized carbons (Fsp3) is 0.261. The van der Waals surface area contributed by atoms with Crippen LogP contribution < -0.4 is 0 Å². The van der Waals surface area contributed by atoms with Crippen molar-refractivity contribution in [2.24, 2.45) is 0 Å². The van der Waals surface area contributed by atoms with Crippen LogP contribution in [0.2, 0.25) is 0 Å². The summed E-state index contributed by atoms with van der Waals surface area (Å²) in [6.45, 7) is 2.47. The fourth-order valence-corrected chi connectivity index (χ4v) is 3.42. The van der Waals surface area contributed by atoms with Gasteiger partial charge < -0.3 is 0 Å². The molecule has 4 aromatic rings. The van der Waals surface area contributed by atoms with E-state index in [4.69, 9.17) is 0 Å². The number of ketones is 1. The number of fused-ring (bicyclic) bond motifs is 1. The zero-order chi connectivity index (χ0) is 22.9. The standard InChI is InChI=1S/C23H20F3N5O/c1-14-3-7-20(27-11-14)18-9-16(22(32)8-6-17-5-4-15(2)29-30-17)10-21-19(18)12-28-31(21)13-23(24,25)26/h3-5,7,9-12H,6,8,13H2,1-2H3. The van der Waals surface area contributed by atoms with Gasteiger partial charge in [-0.25, -0.2) is 0 Å². The first-order valence-corrected chi connectivity index (χ1v) is 10.0. The molecule has 3 heterocycles. The van der Waals surface area contributed by atoms with Gasteiger partial charge in [-0.3, -0.25) is 14.5 Å². The van der Waals surface area contributed by atoms with Crippen LogP contribution in [0.25, 0.3) is 22.2 Å². The van der Waals surface area contributed by atoms with E-state index in [2.05, 4.69) is 20.3 Å². The SMILES string of the molecule is Cc1ccc(-c2cc(C(=O)CCc3ccc(C)nn3)cc3c2cnn3CC(F)(F)F)nc1. The van der Waals surface area contributed by atoms with Crippen molar-refractivity contribution in [1.82, 2.24) is 25.0 Å². The molecule has 1 aromatic carbocycles. The molecule has 4 rings (SSSR count). The number of pyridine rings is 1. The zero-order valence-corrected chi connectivity index (χ0v) is 17.5. The molecule has 0 saturated heterocycles. The largest absolute Gasteiger partial charge is 0.408 e. The third-order valence-corrected chi connectivity index (χ3v) is 5.06. The molecule has 0 amide bonds. The van der Waals surface area contributed by atoms with Gasteiger partial charge in [0.05, 0.1) is 28.8 Å². The number of carbonyl (C=O) groups is 1. The second-order valence-electron chi connectivity index (χ2n) is 7.68. The topological polar surface area (TPSA) is 73.6 Å². The lowest BCUT2D eigenvalue weighted by Crippen LogP contribution is -2.18. The second-order valence-corrected chi connectivity index (χ2v) is 7.68. The molecule has 0 bridgehead atoms. The Balaban J connectivity index is 1.73. The highest BCUT2D eigenvalue weighted by atomic mass is 19.4. The number of Topliss-reactive ketones (excluding diaryl/α,β-unsaturated/α-hetero) is 1. The molecule has 9 heteroatoms. The second kappa shape index (κ2) is 8.49. The van der Waals surface area contributed by atoms with Crippen molar-refractivity contribution in [3.8, 4) is 11.3 Å². The molecule has 0 spiro atoms. The van der Waals surface area contributed by atoms with Crippen LogP contribution in [0.4, 0.5) is 13.2 Å². The van der Waals surface area contributed by atoms with Gasteiger partial charge in [-0.05, 0) is 56.2 Å². The molecule has 0 unspecified atom stereocenters. The molecular formula is C23H20F3N5O. The highest BCUT2D eigenvalue weighted by Crippen LogP contribution is 2.31. The summed E-state index contributed by atoms with van der Waals surface area (Å²) in [4.78, 5) is 17.4. The molecule has 164 valence electrons. The number of carbonyl (C=O) groups excluding carboxylic acids is 1. The number of alkyl halides is 3. The van der Waals surface area contributed by atoms with Crippen LogP contribution in [0.3, 0.4) is 0 Å². The Morgan fingerprint density at radius 2 is 1.84 bits per heavy atom. The van der Waals surface area contributed by atoms with E-state index in [9.17, 15) is 18.0 Å². The predicted octanol–water partition coefficient (Wildman–Crippen LogP) is 4.88. The molecule has 0 radical (unpaired) electrons. The van der Waals surface area contributed by atoms with Gasteiger partial charge in [0.2, 0.25) is 0 Å². The van der Waals surface area contributed by atoms with Crippen molar-refractivity contribution in [1.29, 1.82) is 0 Å². The monoisotopic (exact) mass is 439 g/mol. The molecule has 0 N–H and O–H groups in total. The molecule has 0 aliphatic rings. The van der Waals surface area contributed by atoms with Gasteiger partial charge in [0, 0.05) is 29.1 Å². The highest BCUT2D eigenvalue weighted by Gasteiger charge is 2.29. The van der Waals surface area contributed by atoms with Crippen molar-refractivity contribution < 1.29 is 18.0 Å². The maximum absolute atomic E-state index is 13.1. The van der Waals surface area contributed by atoms with Crippen molar-refractivity contribution in [2.45, 2.75) is 39.4 Å². The van der Waals surface area contributed by atoms with Gasteiger partial charge in [0.1, 0.15) is 6.54 Å². The smallest absolute Gasteiger partial charge is 0.294 e. The maximum Gasteiger partial charge on any atom is 0.408 e. The average molecular weight is 439 g/mol. The number of halogens is 3. The van der Waals surface area contributed by atoms with E-state index in [1.165, 1.54) is 12.3 Å². The Bertz CT molecular complexity index is 1260. The molecule has 0 aliphatic heterocycles. The van der Waals surface area contributed by atoms with E-state index in [1.54, 1.807) is 24.4 Å². The van der Waals surface area contributed by atoms with Gasteiger partial charge >= 0.3 is 6.18 Å². The number of hydrogen-bond donors (Lipinski definition) is 0. The summed E-state index contributed by atoms with van der Waals surface area (Å²) in [6.07, 6.45) is -0.854. The molecule has 0 saturated carbocycles. The molecule has 0 fully saturated rings. The van der Waals surface area contributed by atoms with E-state index < -0.39 is 12.7 Å².